The van der Waals surface area contributed by atoms with Gasteiger partial charge in [0.05, 0.1) is 5.56 Å². The van der Waals surface area contributed by atoms with Crippen LogP contribution in [0.3, 0.4) is 0 Å². The molecule has 1 unspecified atom stereocenters. The van der Waals surface area contributed by atoms with Crippen LogP contribution < -0.4 is 5.32 Å². The van der Waals surface area contributed by atoms with E-state index >= 15 is 0 Å². The number of carboxylic acids is 1. The van der Waals surface area contributed by atoms with Gasteiger partial charge in [0, 0.05) is 18.2 Å². The zero-order valence-corrected chi connectivity index (χ0v) is 10.8. The number of hydrogen-bond acceptors (Lipinski definition) is 2. The van der Waals surface area contributed by atoms with Gasteiger partial charge in [0.2, 0.25) is 0 Å². The summed E-state index contributed by atoms with van der Waals surface area (Å²) in [4.78, 5) is 11.1. The van der Waals surface area contributed by atoms with Crippen molar-refractivity contribution in [2.75, 3.05) is 11.9 Å². The van der Waals surface area contributed by atoms with Gasteiger partial charge in [0.25, 0.3) is 0 Å². The van der Waals surface area contributed by atoms with Gasteiger partial charge < -0.3 is 10.4 Å². The van der Waals surface area contributed by atoms with Gasteiger partial charge in [-0.25, -0.2) is 9.18 Å². The van der Waals surface area contributed by atoms with Crippen LogP contribution in [0.1, 0.15) is 27.4 Å². The number of fused-ring (bicyclic) bond motifs is 1. The Bertz CT molecular complexity index is 669. The quantitative estimate of drug-likeness (QED) is 0.897. The van der Waals surface area contributed by atoms with Crippen LogP contribution in [0, 0.1) is 5.82 Å². The van der Waals surface area contributed by atoms with Crippen molar-refractivity contribution in [3.8, 4) is 0 Å². The normalized spacial score (nSPS) is 16.1. The largest absolute Gasteiger partial charge is 0.478 e. The summed E-state index contributed by atoms with van der Waals surface area (Å²) in [6.07, 6.45) is 0.993. The Labute approximate surface area is 116 Å². The molecule has 0 saturated heterocycles. The van der Waals surface area contributed by atoms with Crippen LogP contribution in [0.2, 0.25) is 0 Å². The molecule has 2 aromatic rings. The fourth-order valence-corrected chi connectivity index (χ4v) is 2.63. The zero-order valence-electron chi connectivity index (χ0n) is 10.8. The number of nitrogens with one attached hydrogen (secondary N) is 1. The summed E-state index contributed by atoms with van der Waals surface area (Å²) < 4.78 is 13.1. The molecule has 4 heteroatoms. The van der Waals surface area contributed by atoms with Crippen LogP contribution in [-0.2, 0) is 6.42 Å². The van der Waals surface area contributed by atoms with Crippen molar-refractivity contribution in [1.82, 2.24) is 0 Å². The lowest BCUT2D eigenvalue weighted by molar-refractivity contribution is 0.0697. The smallest absolute Gasteiger partial charge is 0.337 e. The molecule has 0 saturated carbocycles. The Balaban J connectivity index is 1.73. The molecular weight excluding hydrogens is 257 g/mol. The summed E-state index contributed by atoms with van der Waals surface area (Å²) in [6, 6.07) is 12.0. The highest BCUT2D eigenvalue weighted by Gasteiger charge is 2.25. The van der Waals surface area contributed by atoms with Crippen molar-refractivity contribution >= 4 is 11.7 Å². The molecule has 0 spiro atoms. The van der Waals surface area contributed by atoms with Crippen molar-refractivity contribution in [3.63, 3.8) is 0 Å². The number of halogens is 1. The lowest BCUT2D eigenvalue weighted by atomic mass is 9.77. The second-order valence-corrected chi connectivity index (χ2v) is 4.98. The van der Waals surface area contributed by atoms with Gasteiger partial charge in [0.15, 0.2) is 0 Å². The molecule has 3 nitrogen and oxygen atoms in total. The number of hydrogen-bond donors (Lipinski definition) is 2. The Morgan fingerprint density at radius 1 is 1.30 bits per heavy atom. The molecule has 0 aromatic heterocycles. The van der Waals surface area contributed by atoms with Crippen molar-refractivity contribution < 1.29 is 14.3 Å². The van der Waals surface area contributed by atoms with E-state index in [0.29, 0.717) is 18.2 Å². The first kappa shape index (κ1) is 12.7. The SMILES string of the molecule is O=C(O)c1cc(F)ccc1NCC1Cc2ccccc21. The lowest BCUT2D eigenvalue weighted by Gasteiger charge is -2.30. The topological polar surface area (TPSA) is 49.3 Å². The van der Waals surface area contributed by atoms with E-state index in [0.717, 1.165) is 12.5 Å². The molecule has 1 atom stereocenters. The van der Waals surface area contributed by atoms with E-state index in [-0.39, 0.29) is 5.56 Å². The Hall–Kier alpha value is -2.36. The highest BCUT2D eigenvalue weighted by Crippen LogP contribution is 2.35. The van der Waals surface area contributed by atoms with E-state index < -0.39 is 11.8 Å². The Morgan fingerprint density at radius 2 is 2.10 bits per heavy atom. The maximum atomic E-state index is 13.1. The van der Waals surface area contributed by atoms with Crippen LogP contribution in [0.4, 0.5) is 10.1 Å². The minimum absolute atomic E-state index is 0.0300. The number of rotatable bonds is 4. The Morgan fingerprint density at radius 3 is 2.85 bits per heavy atom. The van der Waals surface area contributed by atoms with Gasteiger partial charge in [-0.05, 0) is 35.7 Å². The summed E-state index contributed by atoms with van der Waals surface area (Å²) in [5, 5.41) is 12.2. The molecule has 2 N–H and O–H groups in total. The molecule has 0 bridgehead atoms. The van der Waals surface area contributed by atoms with E-state index in [4.69, 9.17) is 5.11 Å². The standard InChI is InChI=1S/C16H14FNO2/c17-12-5-6-15(14(8-12)16(19)20)18-9-11-7-10-3-1-2-4-13(10)11/h1-6,8,11,18H,7,9H2,(H,19,20). The van der Waals surface area contributed by atoms with Crippen LogP contribution in [0.15, 0.2) is 42.5 Å². The molecule has 0 fully saturated rings. The average Bonchev–Trinajstić information content (AvgIpc) is 2.41. The van der Waals surface area contributed by atoms with E-state index in [1.807, 2.05) is 12.1 Å². The first-order valence-electron chi connectivity index (χ1n) is 6.49. The average molecular weight is 271 g/mol. The van der Waals surface area contributed by atoms with Gasteiger partial charge >= 0.3 is 5.97 Å². The fourth-order valence-electron chi connectivity index (χ4n) is 2.63. The van der Waals surface area contributed by atoms with Crippen molar-refractivity contribution in [2.24, 2.45) is 0 Å². The number of aromatic carboxylic acids is 1. The summed E-state index contributed by atoms with van der Waals surface area (Å²) in [5.74, 6) is -1.28. The van der Waals surface area contributed by atoms with E-state index in [2.05, 4.69) is 17.4 Å². The maximum absolute atomic E-state index is 13.1. The third-order valence-corrected chi connectivity index (χ3v) is 3.71. The third-order valence-electron chi connectivity index (χ3n) is 3.71. The fraction of sp³-hybridized carbons (Fsp3) is 0.188. The van der Waals surface area contributed by atoms with Crippen LogP contribution >= 0.6 is 0 Å². The van der Waals surface area contributed by atoms with Crippen molar-refractivity contribution in [3.05, 3.63) is 65.0 Å². The monoisotopic (exact) mass is 271 g/mol. The molecular formula is C16H14FNO2. The van der Waals surface area contributed by atoms with Gasteiger partial charge in [0.1, 0.15) is 5.82 Å². The number of carbonyl (C=O) groups is 1. The summed E-state index contributed by atoms with van der Waals surface area (Å²) in [6.45, 7) is 0.656. The first-order chi connectivity index (χ1) is 9.65. The molecule has 3 rings (SSSR count). The maximum Gasteiger partial charge on any atom is 0.337 e. The minimum atomic E-state index is -1.12. The Kier molecular flexibility index (Phi) is 3.14. The van der Waals surface area contributed by atoms with Crippen LogP contribution in [0.25, 0.3) is 0 Å². The van der Waals surface area contributed by atoms with Gasteiger partial charge in [-0.2, -0.15) is 0 Å². The van der Waals surface area contributed by atoms with Crippen molar-refractivity contribution in [2.45, 2.75) is 12.3 Å². The molecule has 0 heterocycles. The summed E-state index contributed by atoms with van der Waals surface area (Å²) >= 11 is 0. The van der Waals surface area contributed by atoms with E-state index in [1.165, 1.54) is 23.3 Å². The number of benzene rings is 2. The summed E-state index contributed by atoms with van der Waals surface area (Å²) in [5.41, 5.74) is 3.08. The second-order valence-electron chi connectivity index (χ2n) is 4.98. The first-order valence-corrected chi connectivity index (χ1v) is 6.49. The number of anilines is 1. The molecule has 0 aliphatic heterocycles. The lowest BCUT2D eigenvalue weighted by Crippen LogP contribution is -2.24. The molecule has 2 aromatic carbocycles. The highest BCUT2D eigenvalue weighted by atomic mass is 19.1. The molecule has 102 valence electrons. The van der Waals surface area contributed by atoms with Crippen molar-refractivity contribution in [1.29, 1.82) is 0 Å². The number of carboxylic acid groups (broad SMARTS) is 1. The van der Waals surface area contributed by atoms with Gasteiger partial charge in [-0.3, -0.25) is 0 Å². The van der Waals surface area contributed by atoms with Crippen LogP contribution in [0.5, 0.6) is 0 Å². The van der Waals surface area contributed by atoms with E-state index in [1.54, 1.807) is 0 Å². The molecule has 0 amide bonds. The minimum Gasteiger partial charge on any atom is -0.478 e. The summed E-state index contributed by atoms with van der Waals surface area (Å²) in [7, 11) is 0. The van der Waals surface area contributed by atoms with Gasteiger partial charge in [-0.1, -0.05) is 24.3 Å². The molecule has 0 radical (unpaired) electrons. The zero-order chi connectivity index (χ0) is 14.1. The molecule has 1 aliphatic rings. The van der Waals surface area contributed by atoms with Gasteiger partial charge in [-0.15, -0.1) is 0 Å². The van der Waals surface area contributed by atoms with Crippen LogP contribution in [-0.4, -0.2) is 17.6 Å². The predicted molar refractivity (Wildman–Crippen MR) is 74.7 cm³/mol. The second kappa shape index (κ2) is 4.96. The molecule has 20 heavy (non-hydrogen) atoms. The predicted octanol–water partition coefficient (Wildman–Crippen LogP) is 3.28. The molecule has 1 aliphatic carbocycles. The van der Waals surface area contributed by atoms with E-state index in [9.17, 15) is 9.18 Å². The third kappa shape index (κ3) is 2.25. The highest BCUT2D eigenvalue weighted by molar-refractivity contribution is 5.94.